The van der Waals surface area contributed by atoms with Crippen LogP contribution in [0.5, 0.6) is 0 Å². The van der Waals surface area contributed by atoms with Crippen LogP contribution in [0.2, 0.25) is 0 Å². The monoisotopic (exact) mass is 300 g/mol. The Labute approximate surface area is 120 Å². The van der Waals surface area contributed by atoms with Crippen molar-refractivity contribution >= 4 is 34.5 Å². The van der Waals surface area contributed by atoms with E-state index >= 15 is 0 Å². The first kappa shape index (κ1) is 15.7. The second-order valence-electron chi connectivity index (χ2n) is 3.81. The number of rotatable bonds is 6. The summed E-state index contributed by atoms with van der Waals surface area (Å²) in [5.41, 5.74) is 6.35. The predicted molar refractivity (Wildman–Crippen MR) is 81.6 cm³/mol. The molecular weight excluding hydrogens is 284 g/mol. The number of aliphatic carboxylic acids is 1. The zero-order chi connectivity index (χ0) is 14.4. The Morgan fingerprint density at radius 3 is 2.84 bits per heavy atom. The zero-order valence-corrected chi connectivity index (χ0v) is 12.1. The largest absolute Gasteiger partial charge is 0.509 e. The van der Waals surface area contributed by atoms with Gasteiger partial charge in [-0.3, -0.25) is 4.99 Å². The highest BCUT2D eigenvalue weighted by molar-refractivity contribution is 8.16. The summed E-state index contributed by atoms with van der Waals surface area (Å²) in [5, 5.41) is 18.6. The molecule has 0 amide bonds. The molecule has 0 aromatic rings. The Morgan fingerprint density at radius 2 is 2.32 bits per heavy atom. The lowest BCUT2D eigenvalue weighted by atomic mass is 10.3. The molecule has 0 fully saturated rings. The molecule has 0 aliphatic carbocycles. The molecule has 0 bridgehead atoms. The van der Waals surface area contributed by atoms with E-state index in [4.69, 9.17) is 15.9 Å². The van der Waals surface area contributed by atoms with E-state index in [1.54, 1.807) is 6.08 Å². The van der Waals surface area contributed by atoms with E-state index in [1.165, 1.54) is 29.6 Å². The van der Waals surface area contributed by atoms with Crippen LogP contribution < -0.4 is 5.73 Å². The summed E-state index contributed by atoms with van der Waals surface area (Å²) in [6, 6.07) is -0.625. The molecule has 1 unspecified atom stereocenters. The number of aliphatic hydroxyl groups excluding tert-OH is 1. The van der Waals surface area contributed by atoms with Gasteiger partial charge in [0.05, 0.1) is 5.04 Å². The summed E-state index contributed by atoms with van der Waals surface area (Å²) in [5.74, 6) is 0.159. The number of carboxylic acid groups (broad SMARTS) is 1. The number of hydrogen-bond acceptors (Lipinski definition) is 6. The van der Waals surface area contributed by atoms with Crippen molar-refractivity contribution in [3.63, 3.8) is 0 Å². The van der Waals surface area contributed by atoms with Crippen molar-refractivity contribution in [1.29, 1.82) is 0 Å². The number of aliphatic hydroxyl groups is 1. The molecule has 1 aliphatic rings. The lowest BCUT2D eigenvalue weighted by Gasteiger charge is -2.03. The van der Waals surface area contributed by atoms with E-state index in [-0.39, 0.29) is 5.76 Å². The van der Waals surface area contributed by atoms with Gasteiger partial charge in [-0.1, -0.05) is 6.58 Å². The minimum Gasteiger partial charge on any atom is -0.509 e. The Hall–Kier alpha value is -1.34. The standard InChI is InChI=1S/C12H16N2O3S2/c1-7(15)3-4-9(13)8(2)18-6-11-14-10(5-19-11)12(16)17/h3-4,10,15H,1,5-6,13H2,2H3,(H,16,17)/b4-3-,9-8-. The van der Waals surface area contributed by atoms with Crippen molar-refractivity contribution < 1.29 is 15.0 Å². The number of nitrogens with two attached hydrogens (primary N) is 1. The number of thioether (sulfide) groups is 2. The van der Waals surface area contributed by atoms with Gasteiger partial charge in [0.15, 0.2) is 6.04 Å². The smallest absolute Gasteiger partial charge is 0.329 e. The molecule has 1 aliphatic heterocycles. The fourth-order valence-corrected chi connectivity index (χ4v) is 3.11. The van der Waals surface area contributed by atoms with Crippen LogP contribution in [-0.2, 0) is 4.79 Å². The summed E-state index contributed by atoms with van der Waals surface area (Å²) in [7, 11) is 0. The first-order valence-electron chi connectivity index (χ1n) is 5.47. The topological polar surface area (TPSA) is 95.9 Å². The highest BCUT2D eigenvalue weighted by atomic mass is 32.2. The van der Waals surface area contributed by atoms with Crippen LogP contribution in [0.3, 0.4) is 0 Å². The van der Waals surface area contributed by atoms with E-state index in [9.17, 15) is 4.79 Å². The lowest BCUT2D eigenvalue weighted by molar-refractivity contribution is -0.137. The molecule has 0 saturated heterocycles. The van der Waals surface area contributed by atoms with Crippen LogP contribution in [0.15, 0.2) is 40.1 Å². The second-order valence-corrected chi connectivity index (χ2v) is 6.10. The van der Waals surface area contributed by atoms with Gasteiger partial charge >= 0.3 is 5.97 Å². The quantitative estimate of drug-likeness (QED) is 0.514. The fourth-order valence-electron chi connectivity index (χ4n) is 1.19. The minimum absolute atomic E-state index is 0.0548. The molecule has 0 spiro atoms. The van der Waals surface area contributed by atoms with E-state index in [0.29, 0.717) is 17.2 Å². The third-order valence-electron chi connectivity index (χ3n) is 2.27. The molecule has 4 N–H and O–H groups in total. The predicted octanol–water partition coefficient (Wildman–Crippen LogP) is 2.14. The molecule has 1 atom stereocenters. The zero-order valence-electron chi connectivity index (χ0n) is 10.5. The van der Waals surface area contributed by atoms with Crippen molar-refractivity contribution in [1.82, 2.24) is 0 Å². The van der Waals surface area contributed by atoms with Gasteiger partial charge in [-0.25, -0.2) is 4.79 Å². The number of carboxylic acids is 1. The third-order valence-corrected chi connectivity index (χ3v) is 4.60. The normalized spacial score (nSPS) is 20.3. The number of hydrogen-bond donors (Lipinski definition) is 3. The lowest BCUT2D eigenvalue weighted by Crippen LogP contribution is -2.17. The maximum absolute atomic E-state index is 10.7. The van der Waals surface area contributed by atoms with E-state index in [1.807, 2.05) is 6.92 Å². The van der Waals surface area contributed by atoms with Crippen LogP contribution in [-0.4, -0.2) is 38.8 Å². The van der Waals surface area contributed by atoms with Gasteiger partial charge < -0.3 is 15.9 Å². The average molecular weight is 300 g/mol. The summed E-state index contributed by atoms with van der Waals surface area (Å²) in [6.07, 6.45) is 3.00. The Balaban J connectivity index is 2.53. The molecule has 19 heavy (non-hydrogen) atoms. The van der Waals surface area contributed by atoms with E-state index < -0.39 is 12.0 Å². The average Bonchev–Trinajstić information content (AvgIpc) is 2.81. The molecule has 0 aromatic heterocycles. The van der Waals surface area contributed by atoms with Gasteiger partial charge in [0.1, 0.15) is 5.76 Å². The highest BCUT2D eigenvalue weighted by Crippen LogP contribution is 2.25. The number of allylic oxidation sites excluding steroid dienone is 3. The summed E-state index contributed by atoms with van der Waals surface area (Å²) >= 11 is 2.96. The third kappa shape index (κ3) is 5.44. The van der Waals surface area contributed by atoms with Crippen molar-refractivity contribution in [2.75, 3.05) is 11.5 Å². The summed E-state index contributed by atoms with van der Waals surface area (Å²) < 4.78 is 0. The first-order chi connectivity index (χ1) is 8.90. The van der Waals surface area contributed by atoms with Gasteiger partial charge in [0.2, 0.25) is 0 Å². The van der Waals surface area contributed by atoms with Crippen molar-refractivity contribution in [3.05, 3.63) is 35.1 Å². The van der Waals surface area contributed by atoms with Crippen LogP contribution >= 0.6 is 23.5 Å². The number of aliphatic imine (C=N–C) groups is 1. The van der Waals surface area contributed by atoms with Crippen molar-refractivity contribution in [2.24, 2.45) is 10.7 Å². The van der Waals surface area contributed by atoms with Gasteiger partial charge in [-0.15, -0.1) is 23.5 Å². The van der Waals surface area contributed by atoms with E-state index in [0.717, 1.165) is 9.95 Å². The molecule has 0 aromatic carbocycles. The number of carbonyl (C=O) groups is 1. The van der Waals surface area contributed by atoms with Gasteiger partial charge in [-0.05, 0) is 19.1 Å². The molecule has 0 saturated carbocycles. The first-order valence-corrected chi connectivity index (χ1v) is 7.44. The van der Waals surface area contributed by atoms with Crippen LogP contribution in [0, 0.1) is 0 Å². The molecule has 1 rings (SSSR count). The summed E-state index contributed by atoms with van der Waals surface area (Å²) in [4.78, 5) is 15.8. The Bertz CT molecular complexity index is 470. The molecule has 7 heteroatoms. The Morgan fingerprint density at radius 1 is 1.63 bits per heavy atom. The van der Waals surface area contributed by atoms with Crippen LogP contribution in [0.1, 0.15) is 6.92 Å². The summed E-state index contributed by atoms with van der Waals surface area (Å²) in [6.45, 7) is 5.19. The van der Waals surface area contributed by atoms with E-state index in [2.05, 4.69) is 11.6 Å². The Kier molecular flexibility index (Phi) is 6.04. The second kappa shape index (κ2) is 7.30. The van der Waals surface area contributed by atoms with Gasteiger partial charge in [-0.2, -0.15) is 0 Å². The van der Waals surface area contributed by atoms with Crippen LogP contribution in [0.25, 0.3) is 0 Å². The van der Waals surface area contributed by atoms with Gasteiger partial charge in [0.25, 0.3) is 0 Å². The van der Waals surface area contributed by atoms with Crippen LogP contribution in [0.4, 0.5) is 0 Å². The molecule has 5 nitrogen and oxygen atoms in total. The minimum atomic E-state index is -0.885. The maximum atomic E-state index is 10.7. The molecule has 104 valence electrons. The van der Waals surface area contributed by atoms with Crippen molar-refractivity contribution in [3.8, 4) is 0 Å². The molecule has 0 radical (unpaired) electrons. The molecular formula is C12H16N2O3S2. The highest BCUT2D eigenvalue weighted by Gasteiger charge is 2.24. The number of nitrogens with zero attached hydrogens (tertiary/aromatic N) is 1. The van der Waals surface area contributed by atoms with Crippen molar-refractivity contribution in [2.45, 2.75) is 13.0 Å². The maximum Gasteiger partial charge on any atom is 0.329 e. The fraction of sp³-hybridized carbons (Fsp3) is 0.333. The molecule has 1 heterocycles. The SMILES string of the molecule is C=C(O)/C=C\C(N)=C(/C)SCC1=NC(C(=O)O)CS1. The van der Waals surface area contributed by atoms with Gasteiger partial charge in [0, 0.05) is 22.1 Å².